The molecule has 2 aromatic heterocycles. The number of carbonyl (C=O) groups excluding carboxylic acids is 1. The fourth-order valence-electron chi connectivity index (χ4n) is 4.14. The van der Waals surface area contributed by atoms with E-state index in [1.54, 1.807) is 6.20 Å². The minimum absolute atomic E-state index is 0.0420. The van der Waals surface area contributed by atoms with Gasteiger partial charge >= 0.3 is 0 Å². The molecule has 1 aliphatic rings. The molecule has 2 unspecified atom stereocenters. The maximum Gasteiger partial charge on any atom is 0.139 e. The highest BCUT2D eigenvalue weighted by Gasteiger charge is 2.21. The number of aromatic nitrogens is 2. The number of fused-ring (bicyclic) bond motifs is 1. The van der Waals surface area contributed by atoms with Crippen LogP contribution in [0.25, 0.3) is 16.6 Å². The quantitative estimate of drug-likeness (QED) is 0.109. The van der Waals surface area contributed by atoms with Crippen molar-refractivity contribution in [3.05, 3.63) is 64.2 Å². The van der Waals surface area contributed by atoms with Crippen LogP contribution in [0.2, 0.25) is 5.02 Å². The third-order valence-corrected chi connectivity index (χ3v) is 7.22. The van der Waals surface area contributed by atoms with E-state index >= 15 is 0 Å². The molecule has 2 atom stereocenters. The lowest BCUT2D eigenvalue weighted by Crippen LogP contribution is -2.21. The zero-order valence-electron chi connectivity index (χ0n) is 18.1. The molecule has 0 saturated heterocycles. The van der Waals surface area contributed by atoms with Gasteiger partial charge in [0.2, 0.25) is 0 Å². The summed E-state index contributed by atoms with van der Waals surface area (Å²) in [4.78, 5) is 12.6. The van der Waals surface area contributed by atoms with Gasteiger partial charge in [-0.1, -0.05) is 64.5 Å². The Labute approximate surface area is 221 Å². The molecule has 2 heterocycles. The number of pyridine rings is 1. The van der Waals surface area contributed by atoms with E-state index in [1.165, 1.54) is 0 Å². The Hall–Kier alpha value is -1.42. The van der Waals surface area contributed by atoms with Gasteiger partial charge in [-0.3, -0.25) is 4.79 Å². The van der Waals surface area contributed by atoms with Crippen molar-refractivity contribution in [2.45, 2.75) is 38.2 Å². The van der Waals surface area contributed by atoms with Crippen LogP contribution in [0.15, 0.2) is 59.2 Å². The minimum Gasteiger partial charge on any atom is -0.370 e. The first kappa shape index (κ1) is 24.7. The predicted octanol–water partition coefficient (Wildman–Crippen LogP) is 7.31. The van der Waals surface area contributed by atoms with Crippen molar-refractivity contribution < 1.29 is 9.53 Å². The van der Waals surface area contributed by atoms with Gasteiger partial charge in [-0.2, -0.15) is 5.10 Å². The lowest BCUT2D eigenvalue weighted by molar-refractivity contribution is -0.122. The van der Waals surface area contributed by atoms with E-state index in [4.69, 9.17) is 16.3 Å². The zero-order valence-corrected chi connectivity index (χ0v) is 22.6. The van der Waals surface area contributed by atoms with E-state index in [2.05, 4.69) is 61.1 Å². The molecule has 174 valence electrons. The van der Waals surface area contributed by atoms with Gasteiger partial charge in [0, 0.05) is 29.5 Å². The van der Waals surface area contributed by atoms with Crippen molar-refractivity contribution in [3.8, 4) is 11.1 Å². The molecule has 8 heteroatoms. The normalized spacial score (nSPS) is 18.0. The van der Waals surface area contributed by atoms with Gasteiger partial charge in [-0.15, -0.1) is 0 Å². The standard InChI is InChI=1S/C25H26BrClIN3O2/c26-21-15-30-31-23(21)13-18(20-5-1-2-6-22(20)27)14-25(31)29-12-4-3-7-24(32)17-8-10-19(11-9-17)33-16-28/h1-2,5-6,8,10,13-15,17,19,29H,3-4,7,9,11-12,16H2. The Morgan fingerprint density at radius 1 is 1.24 bits per heavy atom. The Morgan fingerprint density at radius 2 is 2.09 bits per heavy atom. The highest BCUT2D eigenvalue weighted by molar-refractivity contribution is 14.1. The number of halogens is 3. The maximum absolute atomic E-state index is 12.6. The summed E-state index contributed by atoms with van der Waals surface area (Å²) in [5, 5.41) is 8.70. The first-order chi connectivity index (χ1) is 16.1. The number of unbranched alkanes of at least 4 members (excludes halogenated alkanes) is 1. The molecular formula is C25H26BrClIN3O2. The fraction of sp³-hybridized carbons (Fsp3) is 0.360. The first-order valence-corrected chi connectivity index (χ1v) is 13.8. The number of hydrogen-bond donors (Lipinski definition) is 1. The first-order valence-electron chi connectivity index (χ1n) is 11.1. The average Bonchev–Trinajstić information content (AvgIpc) is 3.20. The van der Waals surface area contributed by atoms with Gasteiger partial charge < -0.3 is 10.1 Å². The third-order valence-electron chi connectivity index (χ3n) is 5.92. The molecule has 33 heavy (non-hydrogen) atoms. The number of rotatable bonds is 10. The molecule has 0 bridgehead atoms. The number of hydrogen-bond acceptors (Lipinski definition) is 4. The second-order valence-electron chi connectivity index (χ2n) is 8.13. The lowest BCUT2D eigenvalue weighted by Gasteiger charge is -2.21. The summed E-state index contributed by atoms with van der Waals surface area (Å²) in [6.45, 7) is 0.762. The van der Waals surface area contributed by atoms with Crippen LogP contribution in [0.3, 0.4) is 0 Å². The van der Waals surface area contributed by atoms with Crippen molar-refractivity contribution in [2.24, 2.45) is 5.92 Å². The number of ketones is 1. The van der Waals surface area contributed by atoms with Gasteiger partial charge in [0.05, 0.1) is 26.9 Å². The summed E-state index contributed by atoms with van der Waals surface area (Å²) in [6.07, 6.45) is 10.2. The molecule has 5 nitrogen and oxygen atoms in total. The van der Waals surface area contributed by atoms with E-state index in [1.807, 2.05) is 40.9 Å². The van der Waals surface area contributed by atoms with Gasteiger partial charge in [0.1, 0.15) is 11.6 Å². The second-order valence-corrected chi connectivity index (χ2v) is 10.0. The van der Waals surface area contributed by atoms with E-state index in [0.717, 1.165) is 59.2 Å². The molecule has 0 fully saturated rings. The van der Waals surface area contributed by atoms with Crippen molar-refractivity contribution in [2.75, 3.05) is 16.5 Å². The number of allylic oxidation sites excluding steroid dienone is 1. The Bertz CT molecular complexity index is 1150. The number of Topliss-reactive ketones (excluding diaryl/α,β-unsaturated/α-hetero) is 1. The van der Waals surface area contributed by atoms with Crippen LogP contribution in [0, 0.1) is 5.92 Å². The second kappa shape index (κ2) is 11.8. The predicted molar refractivity (Wildman–Crippen MR) is 146 cm³/mol. The number of benzene rings is 1. The molecular weight excluding hydrogens is 617 g/mol. The molecule has 3 aromatic rings. The van der Waals surface area contributed by atoms with Gasteiger partial charge in [-0.25, -0.2) is 4.52 Å². The number of nitrogens with one attached hydrogen (secondary N) is 1. The molecule has 0 saturated carbocycles. The van der Waals surface area contributed by atoms with Crippen LogP contribution < -0.4 is 5.32 Å². The largest absolute Gasteiger partial charge is 0.370 e. The van der Waals surface area contributed by atoms with Crippen molar-refractivity contribution in [1.29, 1.82) is 0 Å². The summed E-state index contributed by atoms with van der Waals surface area (Å²) in [7, 11) is 0. The summed E-state index contributed by atoms with van der Waals surface area (Å²) < 4.78 is 9.10. The molecule has 1 N–H and O–H groups in total. The monoisotopic (exact) mass is 641 g/mol. The summed E-state index contributed by atoms with van der Waals surface area (Å²) in [5.41, 5.74) is 2.98. The van der Waals surface area contributed by atoms with Gasteiger partial charge in [-0.05, 0) is 65.4 Å². The fourth-order valence-corrected chi connectivity index (χ4v) is 5.22. The number of carbonyl (C=O) groups is 1. The van der Waals surface area contributed by atoms with Crippen LogP contribution in [-0.2, 0) is 9.53 Å². The van der Waals surface area contributed by atoms with Crippen LogP contribution in [0.4, 0.5) is 5.82 Å². The van der Waals surface area contributed by atoms with Crippen LogP contribution >= 0.6 is 50.1 Å². The van der Waals surface area contributed by atoms with Crippen molar-refractivity contribution >= 4 is 67.2 Å². The SMILES string of the molecule is O=C(CCCCNc1cc(-c2ccccc2Cl)cc2c(Br)cnn12)C1C=CC(OCI)CC1. The van der Waals surface area contributed by atoms with E-state index in [-0.39, 0.29) is 12.0 Å². The zero-order chi connectivity index (χ0) is 23.2. The number of nitrogens with zero attached hydrogens (tertiary/aromatic N) is 2. The summed E-state index contributed by atoms with van der Waals surface area (Å²) in [6, 6.07) is 12.0. The van der Waals surface area contributed by atoms with Crippen LogP contribution in [0.1, 0.15) is 32.1 Å². The smallest absolute Gasteiger partial charge is 0.139 e. The van der Waals surface area contributed by atoms with E-state index < -0.39 is 0 Å². The molecule has 0 radical (unpaired) electrons. The molecule has 4 rings (SSSR count). The molecule has 0 aliphatic heterocycles. The lowest BCUT2D eigenvalue weighted by atomic mass is 9.89. The van der Waals surface area contributed by atoms with E-state index in [0.29, 0.717) is 21.8 Å². The Morgan fingerprint density at radius 3 is 2.85 bits per heavy atom. The highest BCUT2D eigenvalue weighted by atomic mass is 127. The number of ether oxygens (including phenoxy) is 1. The molecule has 1 aliphatic carbocycles. The van der Waals surface area contributed by atoms with Crippen molar-refractivity contribution in [1.82, 2.24) is 9.61 Å². The van der Waals surface area contributed by atoms with Crippen LogP contribution in [0.5, 0.6) is 0 Å². The highest BCUT2D eigenvalue weighted by Crippen LogP contribution is 2.33. The van der Waals surface area contributed by atoms with Gasteiger partial charge in [0.15, 0.2) is 0 Å². The van der Waals surface area contributed by atoms with E-state index in [9.17, 15) is 4.79 Å². The maximum atomic E-state index is 12.6. The topological polar surface area (TPSA) is 55.6 Å². The number of alkyl halides is 1. The number of anilines is 1. The van der Waals surface area contributed by atoms with Crippen LogP contribution in [-0.4, -0.2) is 32.7 Å². The Kier molecular flexibility index (Phi) is 8.85. The average molecular weight is 643 g/mol. The van der Waals surface area contributed by atoms with Crippen molar-refractivity contribution in [3.63, 3.8) is 0 Å². The Balaban J connectivity index is 1.35. The molecule has 0 spiro atoms. The summed E-state index contributed by atoms with van der Waals surface area (Å²) >= 11 is 12.2. The minimum atomic E-state index is 0.0420. The molecule has 1 aromatic carbocycles. The van der Waals surface area contributed by atoms with Gasteiger partial charge in [0.25, 0.3) is 0 Å². The third kappa shape index (κ3) is 6.18. The summed E-state index contributed by atoms with van der Waals surface area (Å²) in [5.74, 6) is 1.27. The molecule has 0 amide bonds.